The summed E-state index contributed by atoms with van der Waals surface area (Å²) in [5.41, 5.74) is 3.28. The van der Waals surface area contributed by atoms with Crippen LogP contribution in [0, 0.1) is 25.2 Å². The van der Waals surface area contributed by atoms with Gasteiger partial charge in [-0.2, -0.15) is 5.26 Å². The maximum Gasteiger partial charge on any atom is 0.274 e. The van der Waals surface area contributed by atoms with Gasteiger partial charge in [0.2, 0.25) is 0 Å². The summed E-state index contributed by atoms with van der Waals surface area (Å²) in [6, 6.07) is 12.5. The van der Waals surface area contributed by atoms with Crippen molar-refractivity contribution in [3.8, 4) is 6.07 Å². The van der Waals surface area contributed by atoms with Gasteiger partial charge in [0, 0.05) is 5.69 Å². The minimum absolute atomic E-state index is 0.230. The van der Waals surface area contributed by atoms with Gasteiger partial charge in [0.15, 0.2) is 0 Å². The SMILES string of the molecule is Cc1ccc(C)c(NC(=O)c2cccc(C#N)n2)c1. The van der Waals surface area contributed by atoms with Gasteiger partial charge >= 0.3 is 0 Å². The van der Waals surface area contributed by atoms with Crippen LogP contribution in [0.4, 0.5) is 5.69 Å². The van der Waals surface area contributed by atoms with Crippen LogP contribution in [-0.2, 0) is 0 Å². The number of pyridine rings is 1. The van der Waals surface area contributed by atoms with E-state index in [1.165, 1.54) is 0 Å². The number of nitrogens with zero attached hydrogens (tertiary/aromatic N) is 2. The number of rotatable bonds is 2. The summed E-state index contributed by atoms with van der Waals surface area (Å²) in [5.74, 6) is -0.314. The van der Waals surface area contributed by atoms with E-state index < -0.39 is 0 Å². The van der Waals surface area contributed by atoms with Crippen molar-refractivity contribution in [2.75, 3.05) is 5.32 Å². The molecule has 19 heavy (non-hydrogen) atoms. The highest BCUT2D eigenvalue weighted by atomic mass is 16.1. The minimum atomic E-state index is -0.314. The number of carbonyl (C=O) groups is 1. The van der Waals surface area contributed by atoms with Crippen LogP contribution >= 0.6 is 0 Å². The van der Waals surface area contributed by atoms with Gasteiger partial charge in [0.25, 0.3) is 5.91 Å². The summed E-state index contributed by atoms with van der Waals surface area (Å²) < 4.78 is 0. The molecule has 0 spiro atoms. The predicted molar refractivity (Wildman–Crippen MR) is 72.8 cm³/mol. The van der Waals surface area contributed by atoms with Crippen LogP contribution in [0.25, 0.3) is 0 Å². The molecule has 0 radical (unpaired) electrons. The topological polar surface area (TPSA) is 65.8 Å². The number of anilines is 1. The Morgan fingerprint density at radius 1 is 1.26 bits per heavy atom. The summed E-state index contributed by atoms with van der Waals surface area (Å²) in [7, 11) is 0. The van der Waals surface area contributed by atoms with Crippen LogP contribution in [-0.4, -0.2) is 10.9 Å². The standard InChI is InChI=1S/C15H13N3O/c1-10-6-7-11(2)14(8-10)18-15(19)13-5-3-4-12(9-16)17-13/h3-8H,1-2H3,(H,18,19). The normalized spacial score (nSPS) is 9.74. The molecule has 0 atom stereocenters. The third-order valence-corrected chi connectivity index (χ3v) is 2.74. The Bertz CT molecular complexity index is 671. The first-order valence-corrected chi connectivity index (χ1v) is 5.86. The summed E-state index contributed by atoms with van der Waals surface area (Å²) in [6.07, 6.45) is 0. The third-order valence-electron chi connectivity index (χ3n) is 2.74. The summed E-state index contributed by atoms with van der Waals surface area (Å²) in [5, 5.41) is 11.6. The van der Waals surface area contributed by atoms with E-state index in [2.05, 4.69) is 10.3 Å². The number of hydrogen-bond donors (Lipinski definition) is 1. The van der Waals surface area contributed by atoms with Crippen molar-refractivity contribution in [1.29, 1.82) is 5.26 Å². The van der Waals surface area contributed by atoms with Crippen LogP contribution in [0.3, 0.4) is 0 Å². The second-order valence-corrected chi connectivity index (χ2v) is 4.29. The van der Waals surface area contributed by atoms with Crippen LogP contribution in [0.2, 0.25) is 0 Å². The second-order valence-electron chi connectivity index (χ2n) is 4.29. The smallest absolute Gasteiger partial charge is 0.274 e. The first kappa shape index (κ1) is 12.8. The highest BCUT2D eigenvalue weighted by Gasteiger charge is 2.09. The van der Waals surface area contributed by atoms with Gasteiger partial charge in [0.05, 0.1) is 0 Å². The van der Waals surface area contributed by atoms with E-state index in [4.69, 9.17) is 5.26 Å². The molecule has 0 unspecified atom stereocenters. The van der Waals surface area contributed by atoms with Gasteiger partial charge in [-0.1, -0.05) is 18.2 Å². The number of carbonyl (C=O) groups excluding carboxylic acids is 1. The highest BCUT2D eigenvalue weighted by Crippen LogP contribution is 2.17. The molecule has 4 nitrogen and oxygen atoms in total. The maximum absolute atomic E-state index is 12.1. The fourth-order valence-corrected chi connectivity index (χ4v) is 1.68. The first-order chi connectivity index (χ1) is 9.10. The molecule has 1 aromatic heterocycles. The van der Waals surface area contributed by atoms with Crippen LogP contribution in [0.1, 0.15) is 27.3 Å². The largest absolute Gasteiger partial charge is 0.320 e. The molecule has 0 bridgehead atoms. The Labute approximate surface area is 111 Å². The quantitative estimate of drug-likeness (QED) is 0.892. The van der Waals surface area contributed by atoms with E-state index >= 15 is 0 Å². The van der Waals surface area contributed by atoms with E-state index in [9.17, 15) is 4.79 Å². The number of amides is 1. The number of aryl methyl sites for hydroxylation is 2. The van der Waals surface area contributed by atoms with Crippen molar-refractivity contribution in [1.82, 2.24) is 4.98 Å². The Balaban J connectivity index is 2.26. The lowest BCUT2D eigenvalue weighted by atomic mass is 10.1. The van der Waals surface area contributed by atoms with Gasteiger partial charge in [-0.15, -0.1) is 0 Å². The zero-order valence-electron chi connectivity index (χ0n) is 10.8. The lowest BCUT2D eigenvalue weighted by Crippen LogP contribution is -2.14. The van der Waals surface area contributed by atoms with Gasteiger partial charge in [-0.3, -0.25) is 4.79 Å². The van der Waals surface area contributed by atoms with Gasteiger partial charge < -0.3 is 5.32 Å². The van der Waals surface area contributed by atoms with Crippen LogP contribution in [0.15, 0.2) is 36.4 Å². The molecule has 1 heterocycles. The maximum atomic E-state index is 12.1. The molecule has 0 saturated carbocycles. The zero-order valence-corrected chi connectivity index (χ0v) is 10.8. The molecule has 0 aliphatic carbocycles. The van der Waals surface area contributed by atoms with E-state index in [0.717, 1.165) is 16.8 Å². The Morgan fingerprint density at radius 2 is 2.05 bits per heavy atom. The van der Waals surface area contributed by atoms with Crippen molar-refractivity contribution in [3.05, 3.63) is 58.9 Å². The summed E-state index contributed by atoms with van der Waals surface area (Å²) >= 11 is 0. The third kappa shape index (κ3) is 2.96. The molecule has 0 fully saturated rings. The minimum Gasteiger partial charge on any atom is -0.320 e. The number of nitriles is 1. The Kier molecular flexibility index (Phi) is 3.58. The van der Waals surface area contributed by atoms with Crippen molar-refractivity contribution < 1.29 is 4.79 Å². The first-order valence-electron chi connectivity index (χ1n) is 5.86. The molecule has 0 aliphatic heterocycles. The second kappa shape index (κ2) is 5.32. The van der Waals surface area contributed by atoms with Gasteiger partial charge in [-0.05, 0) is 43.2 Å². The van der Waals surface area contributed by atoms with E-state index in [1.54, 1.807) is 18.2 Å². The summed E-state index contributed by atoms with van der Waals surface area (Å²) in [6.45, 7) is 3.89. The number of aromatic nitrogens is 1. The zero-order chi connectivity index (χ0) is 13.8. The van der Waals surface area contributed by atoms with E-state index in [-0.39, 0.29) is 17.3 Å². The van der Waals surface area contributed by atoms with Crippen molar-refractivity contribution in [2.24, 2.45) is 0 Å². The highest BCUT2D eigenvalue weighted by molar-refractivity contribution is 6.03. The fraction of sp³-hybridized carbons (Fsp3) is 0.133. The number of hydrogen-bond acceptors (Lipinski definition) is 3. The van der Waals surface area contributed by atoms with Crippen LogP contribution < -0.4 is 5.32 Å². The molecule has 1 amide bonds. The molecular weight excluding hydrogens is 238 g/mol. The molecular formula is C15H13N3O. The summed E-state index contributed by atoms with van der Waals surface area (Å²) in [4.78, 5) is 16.0. The Morgan fingerprint density at radius 3 is 2.79 bits per heavy atom. The van der Waals surface area contributed by atoms with Gasteiger partial charge in [0.1, 0.15) is 17.5 Å². The molecule has 1 N–H and O–H groups in total. The molecule has 1 aromatic carbocycles. The molecule has 4 heteroatoms. The van der Waals surface area contributed by atoms with Crippen molar-refractivity contribution in [2.45, 2.75) is 13.8 Å². The average molecular weight is 251 g/mol. The van der Waals surface area contributed by atoms with E-state index in [1.807, 2.05) is 38.1 Å². The van der Waals surface area contributed by atoms with Crippen molar-refractivity contribution >= 4 is 11.6 Å². The molecule has 2 aromatic rings. The lowest BCUT2D eigenvalue weighted by molar-refractivity contribution is 0.102. The average Bonchev–Trinajstić information content (AvgIpc) is 2.43. The molecule has 94 valence electrons. The fourth-order valence-electron chi connectivity index (χ4n) is 1.68. The Hall–Kier alpha value is -2.67. The number of nitrogens with one attached hydrogen (secondary N) is 1. The van der Waals surface area contributed by atoms with Gasteiger partial charge in [-0.25, -0.2) is 4.98 Å². The van der Waals surface area contributed by atoms with Crippen LogP contribution in [0.5, 0.6) is 0 Å². The predicted octanol–water partition coefficient (Wildman–Crippen LogP) is 2.82. The van der Waals surface area contributed by atoms with E-state index in [0.29, 0.717) is 0 Å². The van der Waals surface area contributed by atoms with Crippen molar-refractivity contribution in [3.63, 3.8) is 0 Å². The molecule has 0 aliphatic rings. The lowest BCUT2D eigenvalue weighted by Gasteiger charge is -2.09. The molecule has 0 saturated heterocycles. The molecule has 2 rings (SSSR count). The number of benzene rings is 1. The monoisotopic (exact) mass is 251 g/mol.